The van der Waals surface area contributed by atoms with Crippen molar-refractivity contribution < 1.29 is 14.3 Å². The highest BCUT2D eigenvalue weighted by atomic mass is 35.5. The van der Waals surface area contributed by atoms with Crippen LogP contribution in [0.2, 0.25) is 5.02 Å². The first-order valence-corrected chi connectivity index (χ1v) is 5.69. The first-order valence-electron chi connectivity index (χ1n) is 5.31. The van der Waals surface area contributed by atoms with Gasteiger partial charge in [-0.3, -0.25) is 4.84 Å². The minimum Gasteiger partial charge on any atom is -0.492 e. The standard InChI is InChI=1S/C12H18ClNO3/c1-7(2)10-8(6-17-14)5-9(13)11(15-3)12(10)16-4/h5,7H,6,14H2,1-4H3. The topological polar surface area (TPSA) is 53.7 Å². The second kappa shape index (κ2) is 6.10. The van der Waals surface area contributed by atoms with E-state index >= 15 is 0 Å². The van der Waals surface area contributed by atoms with Crippen molar-refractivity contribution in [2.45, 2.75) is 26.4 Å². The van der Waals surface area contributed by atoms with Gasteiger partial charge in [-0.15, -0.1) is 0 Å². The fourth-order valence-corrected chi connectivity index (χ4v) is 2.20. The number of rotatable bonds is 5. The molecule has 0 spiro atoms. The largest absolute Gasteiger partial charge is 0.492 e. The highest BCUT2D eigenvalue weighted by Crippen LogP contribution is 2.43. The Bertz CT molecular complexity index is 394. The van der Waals surface area contributed by atoms with Gasteiger partial charge in [-0.2, -0.15) is 0 Å². The molecule has 0 heterocycles. The fraction of sp³-hybridized carbons (Fsp3) is 0.500. The summed E-state index contributed by atoms with van der Waals surface area (Å²) in [6, 6.07) is 1.80. The van der Waals surface area contributed by atoms with Gasteiger partial charge in [0.05, 0.1) is 25.8 Å². The molecule has 4 nitrogen and oxygen atoms in total. The molecule has 1 rings (SSSR count). The third kappa shape index (κ3) is 2.83. The van der Waals surface area contributed by atoms with Crippen LogP contribution in [0.5, 0.6) is 11.5 Å². The monoisotopic (exact) mass is 259 g/mol. The molecule has 0 aliphatic rings. The number of halogens is 1. The molecule has 96 valence electrons. The van der Waals surface area contributed by atoms with E-state index in [-0.39, 0.29) is 12.5 Å². The normalized spacial score (nSPS) is 10.8. The summed E-state index contributed by atoms with van der Waals surface area (Å²) in [4.78, 5) is 4.69. The van der Waals surface area contributed by atoms with Crippen LogP contribution in [-0.2, 0) is 11.4 Å². The highest BCUT2D eigenvalue weighted by molar-refractivity contribution is 6.32. The number of hydrogen-bond acceptors (Lipinski definition) is 4. The molecule has 0 aliphatic carbocycles. The Labute approximate surface area is 107 Å². The first kappa shape index (κ1) is 14.1. The molecule has 0 amide bonds. The lowest BCUT2D eigenvalue weighted by Gasteiger charge is -2.20. The van der Waals surface area contributed by atoms with Crippen molar-refractivity contribution >= 4 is 11.6 Å². The lowest BCUT2D eigenvalue weighted by atomic mass is 9.95. The number of ether oxygens (including phenoxy) is 2. The van der Waals surface area contributed by atoms with Gasteiger partial charge in [-0.05, 0) is 17.5 Å². The minimum absolute atomic E-state index is 0.251. The van der Waals surface area contributed by atoms with Gasteiger partial charge in [0.2, 0.25) is 0 Å². The zero-order valence-electron chi connectivity index (χ0n) is 10.5. The zero-order chi connectivity index (χ0) is 13.0. The summed E-state index contributed by atoms with van der Waals surface area (Å²) in [6.45, 7) is 4.41. The Kier molecular flexibility index (Phi) is 5.05. The third-order valence-corrected chi connectivity index (χ3v) is 2.82. The number of hydrogen-bond donors (Lipinski definition) is 1. The molecule has 0 saturated carbocycles. The Balaban J connectivity index is 3.47. The SMILES string of the molecule is COc1c(Cl)cc(CON)c(C(C)C)c1OC. The molecular formula is C12H18ClNO3. The van der Waals surface area contributed by atoms with Gasteiger partial charge >= 0.3 is 0 Å². The van der Waals surface area contributed by atoms with Crippen molar-refractivity contribution in [3.8, 4) is 11.5 Å². The van der Waals surface area contributed by atoms with E-state index in [4.69, 9.17) is 31.8 Å². The number of methoxy groups -OCH3 is 2. The first-order chi connectivity index (χ1) is 8.06. The van der Waals surface area contributed by atoms with Crippen molar-refractivity contribution in [1.82, 2.24) is 0 Å². The van der Waals surface area contributed by atoms with E-state index in [0.717, 1.165) is 11.1 Å². The van der Waals surface area contributed by atoms with Gasteiger partial charge in [0.15, 0.2) is 11.5 Å². The molecule has 0 unspecified atom stereocenters. The number of benzene rings is 1. The lowest BCUT2D eigenvalue weighted by molar-refractivity contribution is 0.123. The molecule has 5 heteroatoms. The summed E-state index contributed by atoms with van der Waals surface area (Å²) >= 11 is 6.12. The van der Waals surface area contributed by atoms with E-state index in [1.165, 1.54) is 0 Å². The predicted molar refractivity (Wildman–Crippen MR) is 67.6 cm³/mol. The second-order valence-electron chi connectivity index (χ2n) is 3.96. The van der Waals surface area contributed by atoms with Crippen molar-refractivity contribution in [3.63, 3.8) is 0 Å². The van der Waals surface area contributed by atoms with E-state index in [9.17, 15) is 0 Å². The Morgan fingerprint density at radius 1 is 1.24 bits per heavy atom. The van der Waals surface area contributed by atoms with Crippen LogP contribution in [0, 0.1) is 0 Å². The van der Waals surface area contributed by atoms with Crippen LogP contribution in [0.1, 0.15) is 30.9 Å². The summed E-state index contributed by atoms with van der Waals surface area (Å²) in [5.41, 5.74) is 1.91. The average molecular weight is 260 g/mol. The Morgan fingerprint density at radius 3 is 2.24 bits per heavy atom. The van der Waals surface area contributed by atoms with Crippen LogP contribution in [0.25, 0.3) is 0 Å². The van der Waals surface area contributed by atoms with E-state index < -0.39 is 0 Å². The summed E-state index contributed by atoms with van der Waals surface area (Å²) in [5.74, 6) is 6.56. The molecule has 2 N–H and O–H groups in total. The van der Waals surface area contributed by atoms with Crippen LogP contribution < -0.4 is 15.4 Å². The molecule has 1 aromatic carbocycles. The maximum Gasteiger partial charge on any atom is 0.179 e. The van der Waals surface area contributed by atoms with Gasteiger partial charge in [-0.1, -0.05) is 25.4 Å². The summed E-state index contributed by atoms with van der Waals surface area (Å²) < 4.78 is 10.7. The third-order valence-electron chi connectivity index (χ3n) is 2.54. The van der Waals surface area contributed by atoms with E-state index in [1.54, 1.807) is 20.3 Å². The minimum atomic E-state index is 0.251. The van der Waals surface area contributed by atoms with Crippen molar-refractivity contribution in [2.24, 2.45) is 5.90 Å². The van der Waals surface area contributed by atoms with Crippen LogP contribution in [0.3, 0.4) is 0 Å². The summed E-state index contributed by atoms with van der Waals surface area (Å²) in [7, 11) is 3.15. The molecule has 0 saturated heterocycles. The molecule has 0 aliphatic heterocycles. The van der Waals surface area contributed by atoms with E-state index in [2.05, 4.69) is 13.8 Å². The Morgan fingerprint density at radius 2 is 1.82 bits per heavy atom. The molecule has 0 radical (unpaired) electrons. The molecule has 0 fully saturated rings. The molecule has 17 heavy (non-hydrogen) atoms. The fourth-order valence-electron chi connectivity index (χ4n) is 1.91. The number of nitrogens with two attached hydrogens (primary N) is 1. The smallest absolute Gasteiger partial charge is 0.179 e. The lowest BCUT2D eigenvalue weighted by Crippen LogP contribution is -2.07. The summed E-state index contributed by atoms with van der Waals surface area (Å²) in [5, 5.41) is 0.487. The van der Waals surface area contributed by atoms with Gasteiger partial charge < -0.3 is 9.47 Å². The zero-order valence-corrected chi connectivity index (χ0v) is 11.3. The van der Waals surface area contributed by atoms with Gasteiger partial charge in [0, 0.05) is 5.56 Å². The Hall–Kier alpha value is -0.970. The van der Waals surface area contributed by atoms with Crippen LogP contribution in [0.15, 0.2) is 6.07 Å². The maximum atomic E-state index is 6.12. The van der Waals surface area contributed by atoms with E-state index in [1.807, 2.05) is 0 Å². The van der Waals surface area contributed by atoms with E-state index in [0.29, 0.717) is 16.5 Å². The highest BCUT2D eigenvalue weighted by Gasteiger charge is 2.20. The van der Waals surface area contributed by atoms with Gasteiger partial charge in [0.1, 0.15) is 0 Å². The second-order valence-corrected chi connectivity index (χ2v) is 4.37. The summed E-state index contributed by atoms with van der Waals surface area (Å²) in [6.07, 6.45) is 0. The van der Waals surface area contributed by atoms with Crippen molar-refractivity contribution in [3.05, 3.63) is 22.2 Å². The quantitative estimate of drug-likeness (QED) is 0.826. The molecule has 0 bridgehead atoms. The van der Waals surface area contributed by atoms with Gasteiger partial charge in [-0.25, -0.2) is 5.90 Å². The van der Waals surface area contributed by atoms with Crippen LogP contribution in [-0.4, -0.2) is 14.2 Å². The molecule has 0 atom stereocenters. The average Bonchev–Trinajstić information content (AvgIpc) is 2.27. The van der Waals surface area contributed by atoms with Crippen molar-refractivity contribution in [1.29, 1.82) is 0 Å². The van der Waals surface area contributed by atoms with Crippen LogP contribution in [0.4, 0.5) is 0 Å². The molecular weight excluding hydrogens is 242 g/mol. The van der Waals surface area contributed by atoms with Crippen molar-refractivity contribution in [2.75, 3.05) is 14.2 Å². The molecule has 0 aromatic heterocycles. The predicted octanol–water partition coefficient (Wildman–Crippen LogP) is 2.87. The molecule has 1 aromatic rings. The van der Waals surface area contributed by atoms with Crippen LogP contribution >= 0.6 is 11.6 Å². The van der Waals surface area contributed by atoms with Gasteiger partial charge in [0.25, 0.3) is 0 Å². The maximum absolute atomic E-state index is 6.12.